The Balaban J connectivity index is 2.53. The number of hydrogen-bond donors (Lipinski definition) is 2. The first-order valence-corrected chi connectivity index (χ1v) is 9.37. The van der Waals surface area contributed by atoms with Crippen molar-refractivity contribution < 1.29 is 8.42 Å². The van der Waals surface area contributed by atoms with E-state index in [2.05, 4.69) is 32.9 Å². The Morgan fingerprint density at radius 1 is 1.33 bits per heavy atom. The SMILES string of the molecule is CCCNCCCN(C)S(=O)(=O)Nc1ccc(Cl)c(Br)c1. The second kappa shape index (κ2) is 8.95. The molecular weight excluding hydrogens is 378 g/mol. The van der Waals surface area contributed by atoms with Gasteiger partial charge in [0.05, 0.1) is 10.7 Å². The molecular formula is C13H21BrClN3O2S. The highest BCUT2D eigenvalue weighted by atomic mass is 79.9. The molecule has 0 aliphatic rings. The molecule has 0 spiro atoms. The fourth-order valence-corrected chi connectivity index (χ4v) is 3.08. The lowest BCUT2D eigenvalue weighted by Gasteiger charge is -2.18. The van der Waals surface area contributed by atoms with Gasteiger partial charge in [-0.15, -0.1) is 0 Å². The molecule has 1 aromatic rings. The summed E-state index contributed by atoms with van der Waals surface area (Å²) in [5.74, 6) is 0. The van der Waals surface area contributed by atoms with E-state index >= 15 is 0 Å². The van der Waals surface area contributed by atoms with Crippen LogP contribution in [0.15, 0.2) is 22.7 Å². The molecule has 0 amide bonds. The molecule has 0 fully saturated rings. The lowest BCUT2D eigenvalue weighted by Crippen LogP contribution is -2.34. The van der Waals surface area contributed by atoms with Gasteiger partial charge >= 0.3 is 10.2 Å². The highest BCUT2D eigenvalue weighted by molar-refractivity contribution is 9.10. The van der Waals surface area contributed by atoms with E-state index in [9.17, 15) is 8.42 Å². The quantitative estimate of drug-likeness (QED) is 0.628. The lowest BCUT2D eigenvalue weighted by atomic mass is 10.3. The smallest absolute Gasteiger partial charge is 0.301 e. The third-order valence-electron chi connectivity index (χ3n) is 2.83. The maximum absolute atomic E-state index is 12.2. The van der Waals surface area contributed by atoms with E-state index in [-0.39, 0.29) is 0 Å². The van der Waals surface area contributed by atoms with E-state index in [1.54, 1.807) is 25.2 Å². The molecule has 0 saturated heterocycles. The van der Waals surface area contributed by atoms with Crippen LogP contribution in [-0.4, -0.2) is 39.4 Å². The Labute approximate surface area is 140 Å². The summed E-state index contributed by atoms with van der Waals surface area (Å²) in [4.78, 5) is 0. The summed E-state index contributed by atoms with van der Waals surface area (Å²) in [5, 5.41) is 3.78. The zero-order valence-electron chi connectivity index (χ0n) is 12.2. The molecule has 0 radical (unpaired) electrons. The van der Waals surface area contributed by atoms with Crippen LogP contribution in [0.5, 0.6) is 0 Å². The number of nitrogens with zero attached hydrogens (tertiary/aromatic N) is 1. The molecule has 120 valence electrons. The molecule has 0 aliphatic carbocycles. The second-order valence-corrected chi connectivity index (χ2v) is 7.70. The van der Waals surface area contributed by atoms with Crippen molar-refractivity contribution in [2.45, 2.75) is 19.8 Å². The number of hydrogen-bond acceptors (Lipinski definition) is 3. The molecule has 0 heterocycles. The van der Waals surface area contributed by atoms with Crippen LogP contribution in [0.3, 0.4) is 0 Å². The van der Waals surface area contributed by atoms with Crippen LogP contribution >= 0.6 is 27.5 Å². The molecule has 0 atom stereocenters. The van der Waals surface area contributed by atoms with E-state index in [1.165, 1.54) is 4.31 Å². The van der Waals surface area contributed by atoms with Crippen LogP contribution in [0.4, 0.5) is 5.69 Å². The second-order valence-electron chi connectivity index (χ2n) is 4.66. The summed E-state index contributed by atoms with van der Waals surface area (Å²) < 4.78 is 28.8. The van der Waals surface area contributed by atoms with Crippen molar-refractivity contribution in [2.75, 3.05) is 31.4 Å². The van der Waals surface area contributed by atoms with Crippen LogP contribution in [-0.2, 0) is 10.2 Å². The summed E-state index contributed by atoms with van der Waals surface area (Å²) in [5.41, 5.74) is 0.474. The first-order chi connectivity index (χ1) is 9.86. The van der Waals surface area contributed by atoms with Crippen molar-refractivity contribution in [1.82, 2.24) is 9.62 Å². The molecule has 5 nitrogen and oxygen atoms in total. The van der Waals surface area contributed by atoms with E-state index in [4.69, 9.17) is 11.6 Å². The van der Waals surface area contributed by atoms with Gasteiger partial charge in [-0.25, -0.2) is 0 Å². The molecule has 0 aliphatic heterocycles. The zero-order chi connectivity index (χ0) is 15.9. The van der Waals surface area contributed by atoms with Gasteiger partial charge in [0.15, 0.2) is 0 Å². The molecule has 21 heavy (non-hydrogen) atoms. The lowest BCUT2D eigenvalue weighted by molar-refractivity contribution is 0.458. The third kappa shape index (κ3) is 6.52. The predicted molar refractivity (Wildman–Crippen MR) is 92.1 cm³/mol. The van der Waals surface area contributed by atoms with E-state index in [0.29, 0.717) is 21.7 Å². The molecule has 0 aromatic heterocycles. The van der Waals surface area contributed by atoms with Crippen LogP contribution in [0.25, 0.3) is 0 Å². The van der Waals surface area contributed by atoms with Crippen molar-refractivity contribution in [3.8, 4) is 0 Å². The minimum atomic E-state index is -3.54. The summed E-state index contributed by atoms with van der Waals surface area (Å²) in [6.07, 6.45) is 1.84. The minimum absolute atomic E-state index is 0.459. The normalized spacial score (nSPS) is 11.9. The predicted octanol–water partition coefficient (Wildman–Crippen LogP) is 3.08. The van der Waals surface area contributed by atoms with E-state index < -0.39 is 10.2 Å². The average Bonchev–Trinajstić information content (AvgIpc) is 2.42. The number of nitrogens with one attached hydrogen (secondary N) is 2. The number of halogens is 2. The van der Waals surface area contributed by atoms with E-state index in [1.807, 2.05) is 0 Å². The Morgan fingerprint density at radius 2 is 2.05 bits per heavy atom. The van der Waals surface area contributed by atoms with Gasteiger partial charge in [-0.3, -0.25) is 4.72 Å². The van der Waals surface area contributed by atoms with Gasteiger partial charge in [0.25, 0.3) is 0 Å². The van der Waals surface area contributed by atoms with Gasteiger partial charge in [0.1, 0.15) is 0 Å². The minimum Gasteiger partial charge on any atom is -0.317 e. The van der Waals surface area contributed by atoms with Gasteiger partial charge in [0.2, 0.25) is 0 Å². The van der Waals surface area contributed by atoms with Crippen molar-refractivity contribution >= 4 is 43.4 Å². The summed E-state index contributed by atoms with van der Waals surface area (Å²) in [6.45, 7) is 4.31. The standard InChI is InChI=1S/C13H21BrClN3O2S/c1-3-7-16-8-4-9-18(2)21(19,20)17-11-5-6-13(15)12(14)10-11/h5-6,10,16-17H,3-4,7-9H2,1-2H3. The van der Waals surface area contributed by atoms with Crippen molar-refractivity contribution in [1.29, 1.82) is 0 Å². The van der Waals surface area contributed by atoms with Crippen LogP contribution in [0.1, 0.15) is 19.8 Å². The molecule has 2 N–H and O–H groups in total. The Bertz CT molecular complexity index is 554. The Morgan fingerprint density at radius 3 is 2.67 bits per heavy atom. The van der Waals surface area contributed by atoms with Crippen molar-refractivity contribution in [3.63, 3.8) is 0 Å². The largest absolute Gasteiger partial charge is 0.317 e. The van der Waals surface area contributed by atoms with Crippen LogP contribution in [0.2, 0.25) is 5.02 Å². The Hall–Kier alpha value is -0.340. The first kappa shape index (κ1) is 18.7. The van der Waals surface area contributed by atoms with Gasteiger partial charge < -0.3 is 5.32 Å². The molecule has 1 aromatic carbocycles. The average molecular weight is 399 g/mol. The number of rotatable bonds is 9. The summed E-state index contributed by atoms with van der Waals surface area (Å²) in [7, 11) is -1.98. The van der Waals surface area contributed by atoms with Crippen LogP contribution in [0, 0.1) is 0 Å². The maximum atomic E-state index is 12.2. The summed E-state index contributed by atoms with van der Waals surface area (Å²) >= 11 is 9.15. The molecule has 8 heteroatoms. The van der Waals surface area contributed by atoms with E-state index in [0.717, 1.165) is 25.9 Å². The maximum Gasteiger partial charge on any atom is 0.301 e. The summed E-state index contributed by atoms with van der Waals surface area (Å²) in [6, 6.07) is 4.90. The van der Waals surface area contributed by atoms with Crippen LogP contribution < -0.4 is 10.0 Å². The fourth-order valence-electron chi connectivity index (χ4n) is 1.64. The zero-order valence-corrected chi connectivity index (χ0v) is 15.4. The Kier molecular flexibility index (Phi) is 7.97. The molecule has 0 saturated carbocycles. The number of benzene rings is 1. The first-order valence-electron chi connectivity index (χ1n) is 6.76. The highest BCUT2D eigenvalue weighted by Gasteiger charge is 2.17. The van der Waals surface area contributed by atoms with Gasteiger partial charge in [-0.2, -0.15) is 12.7 Å². The fraction of sp³-hybridized carbons (Fsp3) is 0.538. The van der Waals surface area contributed by atoms with Crippen molar-refractivity contribution in [3.05, 3.63) is 27.7 Å². The number of anilines is 1. The van der Waals surface area contributed by atoms with Gasteiger partial charge in [-0.1, -0.05) is 18.5 Å². The van der Waals surface area contributed by atoms with Gasteiger partial charge in [0, 0.05) is 18.1 Å². The highest BCUT2D eigenvalue weighted by Crippen LogP contribution is 2.26. The monoisotopic (exact) mass is 397 g/mol. The molecule has 0 unspecified atom stereocenters. The molecule has 0 bridgehead atoms. The van der Waals surface area contributed by atoms with Crippen molar-refractivity contribution in [2.24, 2.45) is 0 Å². The third-order valence-corrected chi connectivity index (χ3v) is 5.54. The topological polar surface area (TPSA) is 61.4 Å². The van der Waals surface area contributed by atoms with Gasteiger partial charge in [-0.05, 0) is 60.1 Å². The molecule has 1 rings (SSSR count).